The summed E-state index contributed by atoms with van der Waals surface area (Å²) in [5, 5.41) is 9.12. The van der Waals surface area contributed by atoms with Gasteiger partial charge in [-0.05, 0) is 47.0 Å². The molecule has 1 aliphatic rings. The molecule has 9 heteroatoms. The summed E-state index contributed by atoms with van der Waals surface area (Å²) in [5.41, 5.74) is 4.68. The molecular formula is C26H27I2N5O2. The van der Waals surface area contributed by atoms with Gasteiger partial charge in [0.05, 0.1) is 11.3 Å². The molecule has 1 saturated heterocycles. The van der Waals surface area contributed by atoms with Crippen molar-refractivity contribution in [2.45, 2.75) is 15.4 Å². The van der Waals surface area contributed by atoms with Gasteiger partial charge >= 0.3 is 0 Å². The molecule has 1 aromatic heterocycles. The van der Waals surface area contributed by atoms with Crippen LogP contribution in [0.15, 0.2) is 60.8 Å². The van der Waals surface area contributed by atoms with Crippen LogP contribution in [0.2, 0.25) is 0 Å². The van der Waals surface area contributed by atoms with E-state index in [0.717, 1.165) is 52.7 Å². The summed E-state index contributed by atoms with van der Waals surface area (Å²) in [5.74, 6) is -0.0894. The highest BCUT2D eigenvalue weighted by molar-refractivity contribution is 14.1. The predicted octanol–water partition coefficient (Wildman–Crippen LogP) is 4.86. The molecule has 0 aliphatic carbocycles. The highest BCUT2D eigenvalue weighted by Gasteiger charge is 2.17. The van der Waals surface area contributed by atoms with Crippen molar-refractivity contribution in [3.63, 3.8) is 0 Å². The molecule has 35 heavy (non-hydrogen) atoms. The third-order valence-corrected chi connectivity index (χ3v) is 7.55. The number of nitrogens with zero attached hydrogens (tertiary/aromatic N) is 2. The van der Waals surface area contributed by atoms with Crippen molar-refractivity contribution < 1.29 is 9.59 Å². The minimum atomic E-state index is -0.312. The van der Waals surface area contributed by atoms with Gasteiger partial charge in [0.2, 0.25) is 0 Å². The summed E-state index contributed by atoms with van der Waals surface area (Å²) in [6.45, 7) is 4.94. The molecule has 0 bridgehead atoms. The minimum Gasteiger partial charge on any atom is -0.321 e. The number of carbonyl (C=O) groups excluding carboxylic acids is 2. The van der Waals surface area contributed by atoms with E-state index in [1.165, 1.54) is 5.56 Å². The fourth-order valence-corrected chi connectivity index (χ4v) is 4.74. The third kappa shape index (κ3) is 7.21. The number of alkyl halides is 2. The van der Waals surface area contributed by atoms with Gasteiger partial charge in [-0.15, -0.1) is 0 Å². The van der Waals surface area contributed by atoms with Gasteiger partial charge in [-0.1, -0.05) is 69.4 Å². The average molecular weight is 695 g/mol. The molecule has 0 atom stereocenters. The number of nitrogens with one attached hydrogen (secondary N) is 3. The van der Waals surface area contributed by atoms with E-state index in [9.17, 15) is 9.59 Å². The number of carbonyl (C=O) groups is 2. The smallest absolute Gasteiger partial charge is 0.258 e. The fraction of sp³-hybridized carbons (Fsp3) is 0.269. The van der Waals surface area contributed by atoms with Crippen molar-refractivity contribution >= 4 is 68.5 Å². The van der Waals surface area contributed by atoms with Crippen LogP contribution < -0.4 is 16.0 Å². The molecule has 7 nitrogen and oxygen atoms in total. The number of benzene rings is 2. The van der Waals surface area contributed by atoms with Crippen LogP contribution in [-0.2, 0) is 15.4 Å². The molecule has 182 valence electrons. The van der Waals surface area contributed by atoms with E-state index in [1.807, 2.05) is 42.5 Å². The molecule has 3 aromatic rings. The van der Waals surface area contributed by atoms with Crippen LogP contribution in [0.5, 0.6) is 0 Å². The van der Waals surface area contributed by atoms with Gasteiger partial charge in [-0.25, -0.2) is 4.98 Å². The molecule has 2 heterocycles. The molecule has 2 aromatic carbocycles. The average Bonchev–Trinajstić information content (AvgIpc) is 2.90. The van der Waals surface area contributed by atoms with E-state index in [4.69, 9.17) is 0 Å². The first kappa shape index (κ1) is 26.0. The largest absolute Gasteiger partial charge is 0.321 e. The Balaban J connectivity index is 1.46. The second-order valence-corrected chi connectivity index (χ2v) is 9.86. The van der Waals surface area contributed by atoms with Crippen LogP contribution in [0.3, 0.4) is 0 Å². The van der Waals surface area contributed by atoms with E-state index in [0.29, 0.717) is 22.6 Å². The monoisotopic (exact) mass is 695 g/mol. The Bertz CT molecular complexity index is 1160. The first-order chi connectivity index (χ1) is 17.1. The maximum absolute atomic E-state index is 13.1. The first-order valence-corrected chi connectivity index (χ1v) is 14.5. The number of rotatable bonds is 8. The van der Waals surface area contributed by atoms with Crippen LogP contribution in [0, 0.1) is 0 Å². The van der Waals surface area contributed by atoms with Gasteiger partial charge in [0.25, 0.3) is 11.8 Å². The van der Waals surface area contributed by atoms with Gasteiger partial charge in [-0.2, -0.15) is 0 Å². The fourth-order valence-electron chi connectivity index (χ4n) is 3.82. The molecular weight excluding hydrogens is 668 g/mol. The van der Waals surface area contributed by atoms with Crippen LogP contribution >= 0.6 is 45.2 Å². The lowest BCUT2D eigenvalue weighted by Crippen LogP contribution is -2.42. The summed E-state index contributed by atoms with van der Waals surface area (Å²) in [6, 6.07) is 16.9. The topological polar surface area (TPSA) is 86.4 Å². The number of hydrogen-bond donors (Lipinski definition) is 3. The Morgan fingerprint density at radius 3 is 2.20 bits per heavy atom. The second-order valence-electron chi connectivity index (χ2n) is 8.33. The molecule has 0 spiro atoms. The Kier molecular flexibility index (Phi) is 9.46. The minimum absolute atomic E-state index is 0.250. The van der Waals surface area contributed by atoms with Crippen LogP contribution in [0.1, 0.15) is 37.4 Å². The van der Waals surface area contributed by atoms with Gasteiger partial charge in [0.1, 0.15) is 5.82 Å². The molecule has 1 aliphatic heterocycles. The number of piperazine rings is 1. The SMILES string of the molecule is O=C(Nc1ccc(CI)cc1C(=O)Nc1ccc(CI)cn1)c1ccc(CN2CCNCC2)cc1. The van der Waals surface area contributed by atoms with Crippen molar-refractivity contribution in [1.29, 1.82) is 0 Å². The summed E-state index contributed by atoms with van der Waals surface area (Å²) < 4.78 is 1.60. The lowest BCUT2D eigenvalue weighted by Gasteiger charge is -2.27. The number of anilines is 2. The Morgan fingerprint density at radius 2 is 1.54 bits per heavy atom. The molecule has 0 saturated carbocycles. The Labute approximate surface area is 232 Å². The summed E-state index contributed by atoms with van der Waals surface area (Å²) in [4.78, 5) is 32.8. The number of pyridine rings is 1. The normalized spacial score (nSPS) is 13.9. The van der Waals surface area contributed by atoms with E-state index in [2.05, 4.69) is 71.0 Å². The predicted molar refractivity (Wildman–Crippen MR) is 157 cm³/mol. The van der Waals surface area contributed by atoms with Crippen molar-refractivity contribution in [2.75, 3.05) is 36.8 Å². The van der Waals surface area contributed by atoms with E-state index in [-0.39, 0.29) is 11.8 Å². The molecule has 1 fully saturated rings. The second kappa shape index (κ2) is 12.7. The lowest BCUT2D eigenvalue weighted by atomic mass is 10.1. The van der Waals surface area contributed by atoms with Crippen molar-refractivity contribution in [1.82, 2.24) is 15.2 Å². The van der Waals surface area contributed by atoms with Gasteiger partial charge in [-0.3, -0.25) is 14.5 Å². The quantitative estimate of drug-likeness (QED) is 0.232. The zero-order valence-corrected chi connectivity index (χ0v) is 23.5. The third-order valence-electron chi connectivity index (χ3n) is 5.78. The molecule has 3 N–H and O–H groups in total. The van der Waals surface area contributed by atoms with Gasteiger partial charge in [0, 0.05) is 53.3 Å². The number of halogens is 2. The number of amides is 2. The molecule has 4 rings (SSSR count). The zero-order valence-electron chi connectivity index (χ0n) is 19.2. The maximum atomic E-state index is 13.1. The van der Waals surface area contributed by atoms with Crippen molar-refractivity contribution in [2.24, 2.45) is 0 Å². The van der Waals surface area contributed by atoms with Crippen LogP contribution in [-0.4, -0.2) is 47.9 Å². The molecule has 0 radical (unpaired) electrons. The maximum Gasteiger partial charge on any atom is 0.258 e. The van der Waals surface area contributed by atoms with Crippen LogP contribution in [0.25, 0.3) is 0 Å². The summed E-state index contributed by atoms with van der Waals surface area (Å²) in [7, 11) is 0. The molecule has 2 amide bonds. The number of hydrogen-bond acceptors (Lipinski definition) is 5. The lowest BCUT2D eigenvalue weighted by molar-refractivity contribution is 0.102. The Hall–Kier alpha value is -2.09. The standard InChI is InChI=1S/C26H27I2N5O2/c27-14-19-3-7-23(22(13-19)26(35)32-24-8-4-20(15-28)16-30-24)31-25(34)21-5-1-18(2-6-21)17-33-11-9-29-10-12-33/h1-8,13,16,29H,9-12,14-15,17H2,(H,31,34)(H,30,32,35). The highest BCUT2D eigenvalue weighted by atomic mass is 127. The van der Waals surface area contributed by atoms with Crippen molar-refractivity contribution in [3.8, 4) is 0 Å². The zero-order chi connectivity index (χ0) is 24.6. The summed E-state index contributed by atoms with van der Waals surface area (Å²) in [6.07, 6.45) is 1.75. The van der Waals surface area contributed by atoms with E-state index < -0.39 is 0 Å². The van der Waals surface area contributed by atoms with E-state index in [1.54, 1.807) is 18.3 Å². The van der Waals surface area contributed by atoms with Crippen LogP contribution in [0.4, 0.5) is 11.5 Å². The summed E-state index contributed by atoms with van der Waals surface area (Å²) >= 11 is 4.52. The Morgan fingerprint density at radius 1 is 0.857 bits per heavy atom. The highest BCUT2D eigenvalue weighted by Crippen LogP contribution is 2.22. The number of aromatic nitrogens is 1. The van der Waals surface area contributed by atoms with Gasteiger partial charge in [0.15, 0.2) is 0 Å². The van der Waals surface area contributed by atoms with Crippen molar-refractivity contribution in [3.05, 3.63) is 88.6 Å². The molecule has 0 unspecified atom stereocenters. The van der Waals surface area contributed by atoms with E-state index >= 15 is 0 Å². The van der Waals surface area contributed by atoms with Gasteiger partial charge < -0.3 is 16.0 Å². The first-order valence-electron chi connectivity index (χ1n) is 11.4.